The van der Waals surface area contributed by atoms with Gasteiger partial charge < -0.3 is 10.1 Å². The van der Waals surface area contributed by atoms with Gasteiger partial charge in [0.1, 0.15) is 0 Å². The van der Waals surface area contributed by atoms with Crippen LogP contribution in [0.5, 0.6) is 0 Å². The summed E-state index contributed by atoms with van der Waals surface area (Å²) in [5.41, 5.74) is 1.93. The molecular weight excluding hydrogens is 310 g/mol. The maximum atomic E-state index is 11.9. The number of allylic oxidation sites excluding steroid dienone is 1. The van der Waals surface area contributed by atoms with Crippen molar-refractivity contribution in [3.8, 4) is 0 Å². The van der Waals surface area contributed by atoms with Crippen molar-refractivity contribution in [1.82, 2.24) is 5.32 Å². The smallest absolute Gasteiger partial charge is 0.340 e. The van der Waals surface area contributed by atoms with Crippen molar-refractivity contribution >= 4 is 33.9 Å². The zero-order valence-corrected chi connectivity index (χ0v) is 12.1. The van der Waals surface area contributed by atoms with Gasteiger partial charge in [-0.3, -0.25) is 4.79 Å². The summed E-state index contributed by atoms with van der Waals surface area (Å²) in [4.78, 5) is 23.6. The predicted octanol–water partition coefficient (Wildman–Crippen LogP) is 2.41. The first-order chi connectivity index (χ1) is 9.04. The highest BCUT2D eigenvalue weighted by molar-refractivity contribution is 9.10. The number of amides is 1. The SMILES string of the molecule is COC(=O)C1=C(C)NC(=O)/C1=C\c1ccccc1Br. The molecule has 0 saturated carbocycles. The first-order valence-corrected chi connectivity index (χ1v) is 6.41. The largest absolute Gasteiger partial charge is 0.465 e. The van der Waals surface area contributed by atoms with Crippen molar-refractivity contribution in [3.63, 3.8) is 0 Å². The fraction of sp³-hybridized carbons (Fsp3) is 0.143. The number of esters is 1. The van der Waals surface area contributed by atoms with Crippen LogP contribution in [-0.4, -0.2) is 19.0 Å². The molecule has 0 aliphatic carbocycles. The molecule has 0 bridgehead atoms. The monoisotopic (exact) mass is 321 g/mol. The molecule has 0 saturated heterocycles. The van der Waals surface area contributed by atoms with Crippen LogP contribution in [0.3, 0.4) is 0 Å². The van der Waals surface area contributed by atoms with E-state index in [-0.39, 0.29) is 11.5 Å². The van der Waals surface area contributed by atoms with Crippen LogP contribution in [0.4, 0.5) is 0 Å². The van der Waals surface area contributed by atoms with Crippen molar-refractivity contribution in [2.75, 3.05) is 7.11 Å². The molecule has 98 valence electrons. The lowest BCUT2D eigenvalue weighted by Gasteiger charge is -2.03. The van der Waals surface area contributed by atoms with Crippen molar-refractivity contribution < 1.29 is 14.3 Å². The van der Waals surface area contributed by atoms with Gasteiger partial charge in [0.2, 0.25) is 0 Å². The number of carbonyl (C=O) groups excluding carboxylic acids is 2. The van der Waals surface area contributed by atoms with E-state index < -0.39 is 5.97 Å². The number of carbonyl (C=O) groups is 2. The maximum absolute atomic E-state index is 11.9. The van der Waals surface area contributed by atoms with E-state index in [9.17, 15) is 9.59 Å². The predicted molar refractivity (Wildman–Crippen MR) is 75.0 cm³/mol. The lowest BCUT2D eigenvalue weighted by atomic mass is 10.0. The highest BCUT2D eigenvalue weighted by Crippen LogP contribution is 2.27. The number of hydrogen-bond acceptors (Lipinski definition) is 3. The summed E-state index contributed by atoms with van der Waals surface area (Å²) in [5.74, 6) is -0.817. The van der Waals surface area contributed by atoms with Gasteiger partial charge >= 0.3 is 5.97 Å². The topological polar surface area (TPSA) is 55.4 Å². The highest BCUT2D eigenvalue weighted by atomic mass is 79.9. The minimum atomic E-state index is -0.519. The number of ether oxygens (including phenoxy) is 1. The van der Waals surface area contributed by atoms with Crippen LogP contribution < -0.4 is 5.32 Å². The zero-order chi connectivity index (χ0) is 14.0. The molecule has 0 aromatic heterocycles. The average molecular weight is 322 g/mol. The lowest BCUT2D eigenvalue weighted by Crippen LogP contribution is -2.15. The molecular formula is C14H12BrNO3. The Morgan fingerprint density at radius 2 is 2.05 bits per heavy atom. The molecule has 0 unspecified atom stereocenters. The van der Waals surface area contributed by atoms with Crippen LogP contribution in [0, 0.1) is 0 Å². The first kappa shape index (κ1) is 13.5. The van der Waals surface area contributed by atoms with Crippen LogP contribution in [0.15, 0.2) is 45.6 Å². The molecule has 2 rings (SSSR count). The molecule has 0 radical (unpaired) electrons. The summed E-state index contributed by atoms with van der Waals surface area (Å²) >= 11 is 3.40. The van der Waals surface area contributed by atoms with E-state index in [0.29, 0.717) is 11.3 Å². The summed E-state index contributed by atoms with van der Waals surface area (Å²) in [6.45, 7) is 1.67. The lowest BCUT2D eigenvalue weighted by molar-refractivity contribution is -0.136. The molecule has 1 amide bonds. The molecule has 1 aliphatic heterocycles. The third-order valence-corrected chi connectivity index (χ3v) is 3.51. The van der Waals surface area contributed by atoms with Crippen LogP contribution >= 0.6 is 15.9 Å². The molecule has 0 spiro atoms. The maximum Gasteiger partial charge on any atom is 0.340 e. The normalized spacial score (nSPS) is 16.8. The Morgan fingerprint density at radius 3 is 2.68 bits per heavy atom. The number of methoxy groups -OCH3 is 1. The van der Waals surface area contributed by atoms with E-state index >= 15 is 0 Å². The average Bonchev–Trinajstić information content (AvgIpc) is 2.66. The Morgan fingerprint density at radius 1 is 1.37 bits per heavy atom. The third-order valence-electron chi connectivity index (χ3n) is 2.78. The first-order valence-electron chi connectivity index (χ1n) is 5.61. The molecule has 1 N–H and O–H groups in total. The number of halogens is 1. The molecule has 5 heteroatoms. The van der Waals surface area contributed by atoms with Crippen molar-refractivity contribution in [3.05, 3.63) is 51.1 Å². The van der Waals surface area contributed by atoms with E-state index in [1.807, 2.05) is 24.3 Å². The van der Waals surface area contributed by atoms with Gasteiger partial charge in [0.25, 0.3) is 5.91 Å². The van der Waals surface area contributed by atoms with Crippen LogP contribution in [0.25, 0.3) is 6.08 Å². The van der Waals surface area contributed by atoms with E-state index in [2.05, 4.69) is 21.2 Å². The van der Waals surface area contributed by atoms with Gasteiger partial charge in [-0.1, -0.05) is 34.1 Å². The van der Waals surface area contributed by atoms with Gasteiger partial charge in [0.15, 0.2) is 0 Å². The van der Waals surface area contributed by atoms with E-state index in [1.54, 1.807) is 13.0 Å². The summed E-state index contributed by atoms with van der Waals surface area (Å²) in [6, 6.07) is 7.46. The van der Waals surface area contributed by atoms with Gasteiger partial charge in [-0.15, -0.1) is 0 Å². The molecule has 4 nitrogen and oxygen atoms in total. The van der Waals surface area contributed by atoms with Crippen molar-refractivity contribution in [1.29, 1.82) is 0 Å². The molecule has 1 aliphatic rings. The van der Waals surface area contributed by atoms with E-state index in [0.717, 1.165) is 10.0 Å². The molecule has 0 fully saturated rings. The number of hydrogen-bond donors (Lipinski definition) is 1. The minimum Gasteiger partial charge on any atom is -0.465 e. The highest BCUT2D eigenvalue weighted by Gasteiger charge is 2.30. The zero-order valence-electron chi connectivity index (χ0n) is 10.5. The van der Waals surface area contributed by atoms with Gasteiger partial charge in [-0.2, -0.15) is 0 Å². The minimum absolute atomic E-state index is 0.281. The molecule has 1 aromatic rings. The number of benzene rings is 1. The molecule has 1 heterocycles. The van der Waals surface area contributed by atoms with Crippen LogP contribution in [-0.2, 0) is 14.3 Å². The fourth-order valence-electron chi connectivity index (χ4n) is 1.87. The Labute approximate surface area is 119 Å². The standard InChI is InChI=1S/C14H12BrNO3/c1-8-12(14(18)19-2)10(13(17)16-8)7-9-5-3-4-6-11(9)15/h3-7H,1-2H3,(H,16,17)/b10-7-. The number of nitrogens with one attached hydrogen (secondary N) is 1. The summed E-state index contributed by atoms with van der Waals surface area (Å²) in [7, 11) is 1.29. The van der Waals surface area contributed by atoms with Crippen LogP contribution in [0.1, 0.15) is 12.5 Å². The van der Waals surface area contributed by atoms with Crippen molar-refractivity contribution in [2.24, 2.45) is 0 Å². The Balaban J connectivity index is 2.51. The van der Waals surface area contributed by atoms with Crippen LogP contribution in [0.2, 0.25) is 0 Å². The van der Waals surface area contributed by atoms with Gasteiger partial charge in [0, 0.05) is 10.2 Å². The molecule has 1 aromatic carbocycles. The van der Waals surface area contributed by atoms with Gasteiger partial charge in [0.05, 0.1) is 18.3 Å². The summed E-state index contributed by atoms with van der Waals surface area (Å²) in [6.07, 6.45) is 1.67. The van der Waals surface area contributed by atoms with Gasteiger partial charge in [-0.05, 0) is 24.6 Å². The Bertz CT molecular complexity index is 617. The van der Waals surface area contributed by atoms with E-state index in [1.165, 1.54) is 7.11 Å². The van der Waals surface area contributed by atoms with E-state index in [4.69, 9.17) is 4.74 Å². The second-order valence-electron chi connectivity index (χ2n) is 4.03. The molecule has 19 heavy (non-hydrogen) atoms. The fourth-order valence-corrected chi connectivity index (χ4v) is 2.27. The summed E-state index contributed by atoms with van der Waals surface area (Å²) in [5, 5.41) is 2.63. The van der Waals surface area contributed by atoms with Gasteiger partial charge in [-0.25, -0.2) is 4.79 Å². The Hall–Kier alpha value is -1.88. The quantitative estimate of drug-likeness (QED) is 0.672. The summed E-state index contributed by atoms with van der Waals surface area (Å²) < 4.78 is 5.56. The molecule has 0 atom stereocenters. The second kappa shape index (κ2) is 5.40. The third kappa shape index (κ3) is 2.61. The second-order valence-corrected chi connectivity index (χ2v) is 4.88. The number of rotatable bonds is 2. The van der Waals surface area contributed by atoms with Crippen molar-refractivity contribution in [2.45, 2.75) is 6.92 Å². The Kier molecular flexibility index (Phi) is 3.85.